The Kier molecular flexibility index (Phi) is 5.31. The molecule has 26 heavy (non-hydrogen) atoms. The molecule has 0 fully saturated rings. The Morgan fingerprint density at radius 3 is 2.23 bits per heavy atom. The third kappa shape index (κ3) is 4.05. The van der Waals surface area contributed by atoms with Gasteiger partial charge in [-0.1, -0.05) is 0 Å². The van der Waals surface area contributed by atoms with Gasteiger partial charge < -0.3 is 4.57 Å². The molecule has 3 rings (SSSR count). The number of hydrogen-bond acceptors (Lipinski definition) is 3. The number of aromatic nitrogens is 1. The predicted molar refractivity (Wildman–Crippen MR) is 113 cm³/mol. The fourth-order valence-electron chi connectivity index (χ4n) is 2.77. The number of hydrogen-bond donors (Lipinski definition) is 1. The molecule has 0 saturated heterocycles. The van der Waals surface area contributed by atoms with E-state index in [2.05, 4.69) is 38.2 Å². The number of sulfonamides is 1. The number of halogens is 1. The molecule has 2 N–H and O–H groups in total. The summed E-state index contributed by atoms with van der Waals surface area (Å²) < 4.78 is 26.1. The quantitative estimate of drug-likeness (QED) is 0.452. The Labute approximate surface area is 166 Å². The maximum atomic E-state index is 11.4. The molecule has 2 aromatic carbocycles. The predicted octanol–water partition coefficient (Wildman–Crippen LogP) is 4.10. The Hall–Kier alpha value is -1.97. The zero-order valence-electron chi connectivity index (χ0n) is 14.3. The average Bonchev–Trinajstić information content (AvgIpc) is 2.87. The van der Waals surface area contributed by atoms with E-state index in [1.54, 1.807) is 12.1 Å². The zero-order valence-corrected chi connectivity index (χ0v) is 17.3. The van der Waals surface area contributed by atoms with E-state index in [9.17, 15) is 8.42 Å². The van der Waals surface area contributed by atoms with Crippen molar-refractivity contribution >= 4 is 44.5 Å². The third-order valence-electron chi connectivity index (χ3n) is 4.07. The Morgan fingerprint density at radius 2 is 1.65 bits per heavy atom. The van der Waals surface area contributed by atoms with Gasteiger partial charge in [0, 0.05) is 32.4 Å². The summed E-state index contributed by atoms with van der Waals surface area (Å²) in [6, 6.07) is 16.6. The Balaban J connectivity index is 1.94. The summed E-state index contributed by atoms with van der Waals surface area (Å²) in [6.45, 7) is 4.01. The average molecular weight is 479 g/mol. The first-order valence-corrected chi connectivity index (χ1v) is 10.5. The van der Waals surface area contributed by atoms with Crippen molar-refractivity contribution in [3.05, 3.63) is 75.1 Å². The summed E-state index contributed by atoms with van der Waals surface area (Å²) in [7, 11) is -3.69. The van der Waals surface area contributed by atoms with E-state index >= 15 is 0 Å². The van der Waals surface area contributed by atoms with Crippen LogP contribution in [-0.4, -0.2) is 19.2 Å². The summed E-state index contributed by atoms with van der Waals surface area (Å²) in [6.07, 6.45) is 1.85. The summed E-state index contributed by atoms with van der Waals surface area (Å²) in [4.78, 5) is 4.64. The number of nitrogens with two attached hydrogens (primary N) is 1. The summed E-state index contributed by atoms with van der Waals surface area (Å²) >= 11 is 2.26. The van der Waals surface area contributed by atoms with Gasteiger partial charge in [-0.05, 0) is 91.0 Å². The number of nitrogens with zero attached hydrogens (tertiary/aromatic N) is 2. The molecule has 134 valence electrons. The lowest BCUT2D eigenvalue weighted by molar-refractivity contribution is 0.598. The van der Waals surface area contributed by atoms with Gasteiger partial charge in [0.1, 0.15) is 0 Å². The second-order valence-electron chi connectivity index (χ2n) is 5.94. The normalized spacial score (nSPS) is 12.0. The van der Waals surface area contributed by atoms with Crippen LogP contribution in [0.25, 0.3) is 5.69 Å². The minimum Gasteiger partial charge on any atom is -0.318 e. The first-order chi connectivity index (χ1) is 12.3. The molecule has 5 nitrogen and oxygen atoms in total. The van der Waals surface area contributed by atoms with E-state index in [1.807, 2.05) is 44.3 Å². The molecule has 1 aromatic heterocycles. The molecule has 1 heterocycles. The highest BCUT2D eigenvalue weighted by Gasteiger charge is 2.11. The van der Waals surface area contributed by atoms with Crippen LogP contribution in [0.2, 0.25) is 0 Å². The van der Waals surface area contributed by atoms with Crippen LogP contribution >= 0.6 is 22.6 Å². The second kappa shape index (κ2) is 7.34. The van der Waals surface area contributed by atoms with Crippen LogP contribution in [0, 0.1) is 17.4 Å². The van der Waals surface area contributed by atoms with Crippen LogP contribution in [0.1, 0.15) is 17.0 Å². The topological polar surface area (TPSA) is 77.5 Å². The molecule has 0 aliphatic rings. The lowest BCUT2D eigenvalue weighted by atomic mass is 10.2. The molecule has 0 spiro atoms. The van der Waals surface area contributed by atoms with Crippen LogP contribution in [0.4, 0.5) is 5.69 Å². The van der Waals surface area contributed by atoms with Gasteiger partial charge in [0.25, 0.3) is 0 Å². The van der Waals surface area contributed by atoms with Crippen molar-refractivity contribution in [3.8, 4) is 5.69 Å². The summed E-state index contributed by atoms with van der Waals surface area (Å²) in [5.41, 5.74) is 4.85. The van der Waals surface area contributed by atoms with E-state index < -0.39 is 10.0 Å². The second-order valence-corrected chi connectivity index (χ2v) is 8.74. The number of aryl methyl sites for hydroxylation is 1. The van der Waals surface area contributed by atoms with Crippen LogP contribution < -0.4 is 5.14 Å². The van der Waals surface area contributed by atoms with Gasteiger partial charge in [0.15, 0.2) is 0 Å². The smallest absolute Gasteiger partial charge is 0.238 e. The Morgan fingerprint density at radius 1 is 1.04 bits per heavy atom. The van der Waals surface area contributed by atoms with Crippen molar-refractivity contribution < 1.29 is 8.42 Å². The van der Waals surface area contributed by atoms with Gasteiger partial charge in [-0.2, -0.15) is 0 Å². The number of aliphatic imine (C=N–C) groups is 1. The van der Waals surface area contributed by atoms with Crippen LogP contribution in [0.5, 0.6) is 0 Å². The first kappa shape index (κ1) is 18.8. The van der Waals surface area contributed by atoms with Gasteiger partial charge in [0.05, 0.1) is 10.6 Å². The molecule has 3 aromatic rings. The van der Waals surface area contributed by atoms with Gasteiger partial charge in [-0.25, -0.2) is 13.6 Å². The van der Waals surface area contributed by atoms with Crippen molar-refractivity contribution in [1.82, 2.24) is 4.57 Å². The van der Waals surface area contributed by atoms with Gasteiger partial charge in [-0.15, -0.1) is 0 Å². The van der Waals surface area contributed by atoms with Crippen LogP contribution in [0.15, 0.2) is 64.5 Å². The molecular formula is C19H18IN3O2S. The van der Waals surface area contributed by atoms with Crippen molar-refractivity contribution in [2.75, 3.05) is 0 Å². The minimum atomic E-state index is -3.69. The molecule has 0 bridgehead atoms. The van der Waals surface area contributed by atoms with E-state index in [0.29, 0.717) is 0 Å². The number of primary sulfonamides is 1. The highest BCUT2D eigenvalue weighted by atomic mass is 127. The van der Waals surface area contributed by atoms with Gasteiger partial charge >= 0.3 is 0 Å². The van der Waals surface area contributed by atoms with Crippen LogP contribution in [0.3, 0.4) is 0 Å². The van der Waals surface area contributed by atoms with Crippen LogP contribution in [-0.2, 0) is 10.0 Å². The highest BCUT2D eigenvalue weighted by Crippen LogP contribution is 2.22. The van der Waals surface area contributed by atoms with E-state index in [-0.39, 0.29) is 4.90 Å². The highest BCUT2D eigenvalue weighted by molar-refractivity contribution is 14.1. The summed E-state index contributed by atoms with van der Waals surface area (Å²) in [5.74, 6) is 0. The largest absolute Gasteiger partial charge is 0.318 e. The van der Waals surface area contributed by atoms with Crippen molar-refractivity contribution in [3.63, 3.8) is 0 Å². The molecule has 0 aliphatic heterocycles. The molecular weight excluding hydrogens is 461 g/mol. The minimum absolute atomic E-state index is 0.101. The van der Waals surface area contributed by atoms with Gasteiger partial charge in [-0.3, -0.25) is 4.99 Å². The fraction of sp³-hybridized carbons (Fsp3) is 0.105. The molecule has 0 radical (unpaired) electrons. The number of benzene rings is 2. The van der Waals surface area contributed by atoms with Crippen molar-refractivity contribution in [1.29, 1.82) is 0 Å². The van der Waals surface area contributed by atoms with Crippen molar-refractivity contribution in [2.45, 2.75) is 18.7 Å². The molecule has 7 heteroatoms. The van der Waals surface area contributed by atoms with Crippen molar-refractivity contribution in [2.24, 2.45) is 10.1 Å². The molecule has 0 unspecified atom stereocenters. The van der Waals surface area contributed by atoms with E-state index in [4.69, 9.17) is 5.14 Å². The number of rotatable bonds is 4. The van der Waals surface area contributed by atoms with Gasteiger partial charge in [0.2, 0.25) is 10.0 Å². The van der Waals surface area contributed by atoms with E-state index in [0.717, 1.165) is 28.3 Å². The lowest BCUT2D eigenvalue weighted by Gasteiger charge is -2.10. The first-order valence-electron chi connectivity index (χ1n) is 7.87. The maximum Gasteiger partial charge on any atom is 0.238 e. The zero-order chi connectivity index (χ0) is 18.9. The molecule has 0 saturated carbocycles. The SMILES string of the molecule is Cc1cc(C=Nc2ccc(I)cc2)c(C)n1-c1ccc(S(N)(=O)=O)cc1. The lowest BCUT2D eigenvalue weighted by Crippen LogP contribution is -2.12. The summed E-state index contributed by atoms with van der Waals surface area (Å²) in [5, 5.41) is 5.16. The Bertz CT molecular complexity index is 1070. The monoisotopic (exact) mass is 479 g/mol. The fourth-order valence-corrected chi connectivity index (χ4v) is 3.65. The molecule has 0 atom stereocenters. The van der Waals surface area contributed by atoms with E-state index in [1.165, 1.54) is 15.7 Å². The molecule has 0 amide bonds. The third-order valence-corrected chi connectivity index (χ3v) is 5.72. The maximum absolute atomic E-state index is 11.4. The standard InChI is InChI=1S/C19H18IN3O2S/c1-13-11-15(12-22-17-5-3-16(20)4-6-17)14(2)23(13)18-7-9-19(10-8-18)26(21,24)25/h3-12H,1-2H3,(H2,21,24,25). The molecule has 0 aliphatic carbocycles.